The monoisotopic (exact) mass is 352 g/mol. The normalized spacial score (nSPS) is 15.5. The number of anilines is 2. The van der Waals surface area contributed by atoms with Crippen molar-refractivity contribution in [1.82, 2.24) is 10.2 Å². The minimum atomic E-state index is -0.121. The molecule has 2 N–H and O–H groups in total. The number of amides is 2. The summed E-state index contributed by atoms with van der Waals surface area (Å²) in [6.07, 6.45) is 1.97. The average Bonchev–Trinajstić information content (AvgIpc) is 2.64. The first-order valence-corrected chi connectivity index (χ1v) is 9.21. The summed E-state index contributed by atoms with van der Waals surface area (Å²) in [5.74, 6) is 0. The van der Waals surface area contributed by atoms with Gasteiger partial charge in [0.05, 0.1) is 0 Å². The summed E-state index contributed by atoms with van der Waals surface area (Å²) in [5, 5.41) is 6.03. The highest BCUT2D eigenvalue weighted by molar-refractivity contribution is 5.89. The van der Waals surface area contributed by atoms with Crippen LogP contribution in [-0.4, -0.2) is 44.2 Å². The van der Waals surface area contributed by atoms with E-state index in [4.69, 9.17) is 0 Å². The lowest BCUT2D eigenvalue weighted by molar-refractivity contribution is 0.190. The molecule has 5 heteroatoms. The molecule has 3 rings (SSSR count). The molecule has 1 aliphatic heterocycles. The number of piperidine rings is 1. The van der Waals surface area contributed by atoms with E-state index in [-0.39, 0.29) is 12.1 Å². The van der Waals surface area contributed by atoms with Gasteiger partial charge in [0.2, 0.25) is 0 Å². The van der Waals surface area contributed by atoms with E-state index in [0.717, 1.165) is 43.9 Å². The second-order valence-electron chi connectivity index (χ2n) is 7.08. The smallest absolute Gasteiger partial charge is 0.319 e. The first kappa shape index (κ1) is 18.3. The van der Waals surface area contributed by atoms with Crippen LogP contribution in [0.4, 0.5) is 16.2 Å². The van der Waals surface area contributed by atoms with Crippen LogP contribution in [0.2, 0.25) is 0 Å². The van der Waals surface area contributed by atoms with Gasteiger partial charge in [0, 0.05) is 51.1 Å². The summed E-state index contributed by atoms with van der Waals surface area (Å²) >= 11 is 0. The summed E-state index contributed by atoms with van der Waals surface area (Å²) in [6.45, 7) is 3.01. The van der Waals surface area contributed by atoms with Crippen molar-refractivity contribution in [3.05, 3.63) is 60.2 Å². The fourth-order valence-electron chi connectivity index (χ4n) is 3.27. The van der Waals surface area contributed by atoms with Crippen molar-refractivity contribution in [2.75, 3.05) is 37.4 Å². The summed E-state index contributed by atoms with van der Waals surface area (Å²) < 4.78 is 0. The molecule has 1 saturated heterocycles. The topological polar surface area (TPSA) is 47.6 Å². The SMILES string of the molecule is CN(C)c1ccc(NC(=O)NC2CCN(Cc3ccccc3)CC2)cc1. The lowest BCUT2D eigenvalue weighted by Crippen LogP contribution is -2.45. The second-order valence-corrected chi connectivity index (χ2v) is 7.08. The highest BCUT2D eigenvalue weighted by Gasteiger charge is 2.20. The van der Waals surface area contributed by atoms with E-state index in [1.165, 1.54) is 5.56 Å². The molecule has 0 aliphatic carbocycles. The number of carbonyl (C=O) groups is 1. The van der Waals surface area contributed by atoms with E-state index >= 15 is 0 Å². The number of nitrogens with one attached hydrogen (secondary N) is 2. The number of hydrogen-bond donors (Lipinski definition) is 2. The van der Waals surface area contributed by atoms with Gasteiger partial charge in [0.1, 0.15) is 0 Å². The molecule has 2 amide bonds. The van der Waals surface area contributed by atoms with E-state index in [1.54, 1.807) is 0 Å². The third kappa shape index (κ3) is 5.23. The number of urea groups is 1. The minimum absolute atomic E-state index is 0.121. The van der Waals surface area contributed by atoms with Crippen molar-refractivity contribution < 1.29 is 4.79 Å². The molecule has 0 radical (unpaired) electrons. The molecule has 5 nitrogen and oxygen atoms in total. The minimum Gasteiger partial charge on any atom is -0.378 e. The van der Waals surface area contributed by atoms with Gasteiger partial charge < -0.3 is 15.5 Å². The van der Waals surface area contributed by atoms with Crippen LogP contribution in [0.3, 0.4) is 0 Å². The molecule has 26 heavy (non-hydrogen) atoms. The maximum atomic E-state index is 12.2. The van der Waals surface area contributed by atoms with Gasteiger partial charge in [-0.1, -0.05) is 30.3 Å². The molecule has 2 aromatic carbocycles. The van der Waals surface area contributed by atoms with Crippen LogP contribution in [0.15, 0.2) is 54.6 Å². The predicted octanol–water partition coefficient (Wildman–Crippen LogP) is 3.54. The van der Waals surface area contributed by atoms with Crippen molar-refractivity contribution in [1.29, 1.82) is 0 Å². The number of nitrogens with zero attached hydrogens (tertiary/aromatic N) is 2. The molecule has 0 atom stereocenters. The van der Waals surface area contributed by atoms with Crippen molar-refractivity contribution >= 4 is 17.4 Å². The van der Waals surface area contributed by atoms with Crippen molar-refractivity contribution in [3.63, 3.8) is 0 Å². The fraction of sp³-hybridized carbons (Fsp3) is 0.381. The molecule has 0 bridgehead atoms. The molecule has 2 aromatic rings. The highest BCUT2D eigenvalue weighted by Crippen LogP contribution is 2.17. The Balaban J connectivity index is 1.41. The molecule has 138 valence electrons. The first-order chi connectivity index (χ1) is 12.6. The molecule has 1 aliphatic rings. The Morgan fingerprint density at radius 2 is 1.69 bits per heavy atom. The van der Waals surface area contributed by atoms with Gasteiger partial charge in [-0.05, 0) is 42.7 Å². The zero-order valence-corrected chi connectivity index (χ0v) is 15.6. The van der Waals surface area contributed by atoms with Crippen LogP contribution in [0.25, 0.3) is 0 Å². The van der Waals surface area contributed by atoms with Crippen molar-refractivity contribution in [2.45, 2.75) is 25.4 Å². The summed E-state index contributed by atoms with van der Waals surface area (Å²) in [7, 11) is 4.00. The van der Waals surface area contributed by atoms with E-state index in [9.17, 15) is 4.79 Å². The van der Waals surface area contributed by atoms with E-state index in [2.05, 4.69) is 39.8 Å². The molecule has 1 heterocycles. The molecule has 0 saturated carbocycles. The van der Waals surface area contributed by atoms with Crippen LogP contribution in [0.1, 0.15) is 18.4 Å². The van der Waals surface area contributed by atoms with Gasteiger partial charge in [-0.15, -0.1) is 0 Å². The zero-order chi connectivity index (χ0) is 18.4. The van der Waals surface area contributed by atoms with Gasteiger partial charge in [-0.2, -0.15) is 0 Å². The summed E-state index contributed by atoms with van der Waals surface area (Å²) in [4.78, 5) is 16.7. The van der Waals surface area contributed by atoms with E-state index < -0.39 is 0 Å². The molecule has 0 spiro atoms. The standard InChI is InChI=1S/C21H28N4O/c1-24(2)20-10-8-18(9-11-20)22-21(26)23-19-12-14-25(15-13-19)16-17-6-4-3-5-7-17/h3-11,19H,12-16H2,1-2H3,(H2,22,23,26). The summed E-state index contributed by atoms with van der Waals surface area (Å²) in [5.41, 5.74) is 3.27. The van der Waals surface area contributed by atoms with Crippen LogP contribution < -0.4 is 15.5 Å². The first-order valence-electron chi connectivity index (χ1n) is 9.21. The van der Waals surface area contributed by atoms with Crippen LogP contribution in [0.5, 0.6) is 0 Å². The third-order valence-corrected chi connectivity index (χ3v) is 4.81. The Morgan fingerprint density at radius 1 is 1.04 bits per heavy atom. The second kappa shape index (κ2) is 8.72. The summed E-state index contributed by atoms with van der Waals surface area (Å²) in [6, 6.07) is 18.5. The quantitative estimate of drug-likeness (QED) is 0.865. The fourth-order valence-corrected chi connectivity index (χ4v) is 3.27. The van der Waals surface area contributed by atoms with Gasteiger partial charge in [0.25, 0.3) is 0 Å². The average molecular weight is 352 g/mol. The number of rotatable bonds is 5. The van der Waals surface area contributed by atoms with Gasteiger partial charge >= 0.3 is 6.03 Å². The molecular weight excluding hydrogens is 324 g/mol. The Labute approximate surface area is 156 Å². The Hall–Kier alpha value is -2.53. The van der Waals surface area contributed by atoms with Crippen LogP contribution in [-0.2, 0) is 6.54 Å². The third-order valence-electron chi connectivity index (χ3n) is 4.81. The number of likely N-dealkylation sites (tertiary alicyclic amines) is 1. The molecule has 0 unspecified atom stereocenters. The van der Waals surface area contributed by atoms with Crippen LogP contribution >= 0.6 is 0 Å². The molecular formula is C21H28N4O. The lowest BCUT2D eigenvalue weighted by Gasteiger charge is -2.32. The Morgan fingerprint density at radius 3 is 2.31 bits per heavy atom. The maximum absolute atomic E-state index is 12.2. The highest BCUT2D eigenvalue weighted by atomic mass is 16.2. The van der Waals surface area contributed by atoms with Gasteiger partial charge in [-0.3, -0.25) is 4.90 Å². The van der Waals surface area contributed by atoms with Gasteiger partial charge in [0.15, 0.2) is 0 Å². The molecule has 1 fully saturated rings. The number of carbonyl (C=O) groups excluding carboxylic acids is 1. The zero-order valence-electron chi connectivity index (χ0n) is 15.6. The number of benzene rings is 2. The molecule has 0 aromatic heterocycles. The lowest BCUT2D eigenvalue weighted by atomic mass is 10.0. The van der Waals surface area contributed by atoms with E-state index in [0.29, 0.717) is 0 Å². The Bertz CT molecular complexity index is 692. The predicted molar refractivity (Wildman–Crippen MR) is 108 cm³/mol. The van der Waals surface area contributed by atoms with Crippen LogP contribution in [0, 0.1) is 0 Å². The Kier molecular flexibility index (Phi) is 6.12. The number of hydrogen-bond acceptors (Lipinski definition) is 3. The van der Waals surface area contributed by atoms with Crippen molar-refractivity contribution in [2.24, 2.45) is 0 Å². The van der Waals surface area contributed by atoms with Crippen molar-refractivity contribution in [3.8, 4) is 0 Å². The largest absolute Gasteiger partial charge is 0.378 e. The maximum Gasteiger partial charge on any atom is 0.319 e. The van der Waals surface area contributed by atoms with E-state index in [1.807, 2.05) is 49.3 Å². The van der Waals surface area contributed by atoms with Gasteiger partial charge in [-0.25, -0.2) is 4.79 Å².